The van der Waals surface area contributed by atoms with Gasteiger partial charge in [-0.05, 0) is 0 Å². The van der Waals surface area contributed by atoms with Crippen LogP contribution in [-0.4, -0.2) is 30.7 Å². The van der Waals surface area contributed by atoms with Gasteiger partial charge in [0.15, 0.2) is 0 Å². The monoisotopic (exact) mass is 386 g/mol. The number of allylic oxidation sites excluding steroid dienone is 2. The van der Waals surface area contributed by atoms with Crippen LogP contribution in [0, 0.1) is 0 Å². The smallest absolute Gasteiger partial charge is 0.250 e. The molecular formula is C11H10F12O. The van der Waals surface area contributed by atoms with Gasteiger partial charge in [0.05, 0.1) is 0 Å². The summed E-state index contributed by atoms with van der Waals surface area (Å²) in [5.41, 5.74) is 0. The number of rotatable bonds is 7. The highest BCUT2D eigenvalue weighted by Crippen LogP contribution is 2.44. The maximum absolute atomic E-state index is 12.6. The Balaban J connectivity index is 0. The molecule has 13 heteroatoms. The van der Waals surface area contributed by atoms with E-state index in [2.05, 4.69) is 11.3 Å². The number of alkyl halides is 9. The van der Waals surface area contributed by atoms with E-state index >= 15 is 0 Å². The van der Waals surface area contributed by atoms with Crippen molar-refractivity contribution in [1.29, 1.82) is 0 Å². The number of ether oxygens (including phenoxy) is 1. The number of halogens is 12. The molecule has 0 radical (unpaired) electrons. The summed E-state index contributed by atoms with van der Waals surface area (Å²) in [4.78, 5) is 0. The van der Waals surface area contributed by atoms with Gasteiger partial charge in [0.25, 0.3) is 0 Å². The van der Waals surface area contributed by atoms with Crippen molar-refractivity contribution in [3.8, 4) is 0 Å². The lowest BCUT2D eigenvalue weighted by atomic mass is 10.2. The summed E-state index contributed by atoms with van der Waals surface area (Å²) in [6, 6.07) is 0. The molecule has 0 amide bonds. The van der Waals surface area contributed by atoms with Gasteiger partial charge in [0.1, 0.15) is 13.1 Å². The molecule has 0 rings (SSSR count). The average molecular weight is 386 g/mol. The van der Waals surface area contributed by atoms with Crippen molar-refractivity contribution < 1.29 is 57.4 Å². The number of hydrogen-bond acceptors (Lipinski definition) is 1. The third kappa shape index (κ3) is 8.45. The van der Waals surface area contributed by atoms with Crippen molar-refractivity contribution >= 4 is 0 Å². The van der Waals surface area contributed by atoms with Crippen LogP contribution in [0.15, 0.2) is 24.6 Å². The molecule has 0 fully saturated rings. The molecule has 0 bridgehead atoms. The standard InChI is InChI=1S/C8H5F11O.C3H5F/c1-5(12,13)8(18,19)20-7(16,17)2-6(14,15)3(9)4(10)11;1-2-3-4/h2H2,1H3;2H,1,3H2. The van der Waals surface area contributed by atoms with Gasteiger partial charge >= 0.3 is 30.1 Å². The van der Waals surface area contributed by atoms with Gasteiger partial charge in [-0.25, -0.2) is 4.39 Å². The van der Waals surface area contributed by atoms with Crippen molar-refractivity contribution in [3.05, 3.63) is 24.6 Å². The van der Waals surface area contributed by atoms with E-state index in [1.807, 2.05) is 0 Å². The second-order valence-corrected chi connectivity index (χ2v) is 4.04. The van der Waals surface area contributed by atoms with Crippen molar-refractivity contribution in [1.82, 2.24) is 0 Å². The zero-order valence-electron chi connectivity index (χ0n) is 11.6. The highest BCUT2D eigenvalue weighted by atomic mass is 19.3. The van der Waals surface area contributed by atoms with Gasteiger partial charge in [-0.2, -0.15) is 48.3 Å². The fourth-order valence-corrected chi connectivity index (χ4v) is 0.788. The summed E-state index contributed by atoms with van der Waals surface area (Å²) >= 11 is 0. The van der Waals surface area contributed by atoms with Gasteiger partial charge in [-0.1, -0.05) is 6.08 Å². The SMILES string of the molecule is C=CCF.CC(F)(F)C(F)(F)OC(F)(F)CC(F)(F)C(F)=C(F)F. The Morgan fingerprint density at radius 2 is 1.33 bits per heavy atom. The molecule has 0 aliphatic rings. The van der Waals surface area contributed by atoms with Crippen molar-refractivity contribution in [3.63, 3.8) is 0 Å². The van der Waals surface area contributed by atoms with Crippen LogP contribution in [0.1, 0.15) is 13.3 Å². The molecule has 0 saturated heterocycles. The van der Waals surface area contributed by atoms with Crippen LogP contribution in [0.25, 0.3) is 0 Å². The molecule has 0 spiro atoms. The first kappa shape index (κ1) is 24.8. The van der Waals surface area contributed by atoms with E-state index < -0.39 is 56.0 Å². The number of hydrogen-bond donors (Lipinski definition) is 0. The summed E-state index contributed by atoms with van der Waals surface area (Å²) in [6.07, 6.45) is -17.3. The summed E-state index contributed by atoms with van der Waals surface area (Å²) in [7, 11) is 0. The minimum absolute atomic E-state index is 0.417. The zero-order chi connectivity index (χ0) is 20.0. The van der Waals surface area contributed by atoms with Crippen LogP contribution in [0.5, 0.6) is 0 Å². The van der Waals surface area contributed by atoms with Gasteiger partial charge in [-0.15, -0.1) is 6.58 Å². The van der Waals surface area contributed by atoms with E-state index in [4.69, 9.17) is 0 Å². The van der Waals surface area contributed by atoms with E-state index in [0.717, 1.165) is 0 Å². The first-order valence-electron chi connectivity index (χ1n) is 5.53. The molecule has 0 aromatic heterocycles. The molecular weight excluding hydrogens is 376 g/mol. The Hall–Kier alpha value is -1.40. The van der Waals surface area contributed by atoms with Gasteiger partial charge < -0.3 is 0 Å². The van der Waals surface area contributed by atoms with Crippen LogP contribution in [-0.2, 0) is 4.74 Å². The first-order chi connectivity index (χ1) is 10.4. The van der Waals surface area contributed by atoms with Crippen molar-refractivity contribution in [2.75, 3.05) is 6.67 Å². The molecule has 0 atom stereocenters. The average Bonchev–Trinajstić information content (AvgIpc) is 2.33. The molecule has 0 aromatic rings. The molecule has 0 aliphatic heterocycles. The van der Waals surface area contributed by atoms with Crippen LogP contribution >= 0.6 is 0 Å². The maximum atomic E-state index is 12.6. The minimum atomic E-state index is -5.87. The largest absolute Gasteiger partial charge is 0.423 e. The Morgan fingerprint density at radius 1 is 0.958 bits per heavy atom. The topological polar surface area (TPSA) is 9.23 Å². The lowest BCUT2D eigenvalue weighted by Gasteiger charge is -2.28. The predicted molar refractivity (Wildman–Crippen MR) is 57.7 cm³/mol. The summed E-state index contributed by atoms with van der Waals surface area (Å²) in [5, 5.41) is 0. The molecule has 0 N–H and O–H groups in total. The molecule has 0 unspecified atom stereocenters. The lowest BCUT2D eigenvalue weighted by Crippen LogP contribution is -2.47. The third-order valence-electron chi connectivity index (χ3n) is 1.81. The Kier molecular flexibility index (Phi) is 8.93. The zero-order valence-corrected chi connectivity index (χ0v) is 11.6. The normalized spacial score (nSPS) is 13.0. The molecule has 144 valence electrons. The van der Waals surface area contributed by atoms with Gasteiger partial charge in [0, 0.05) is 6.92 Å². The predicted octanol–water partition coefficient (Wildman–Crippen LogP) is 6.09. The van der Waals surface area contributed by atoms with Gasteiger partial charge in [0.2, 0.25) is 5.83 Å². The molecule has 24 heavy (non-hydrogen) atoms. The lowest BCUT2D eigenvalue weighted by molar-refractivity contribution is -0.433. The summed E-state index contributed by atoms with van der Waals surface area (Å²) in [5.74, 6) is -14.4. The molecule has 0 saturated carbocycles. The minimum Gasteiger partial charge on any atom is -0.250 e. The third-order valence-corrected chi connectivity index (χ3v) is 1.81. The van der Waals surface area contributed by atoms with Crippen LogP contribution < -0.4 is 0 Å². The second-order valence-electron chi connectivity index (χ2n) is 4.04. The Labute approximate surface area is 127 Å². The van der Waals surface area contributed by atoms with Crippen molar-refractivity contribution in [2.24, 2.45) is 0 Å². The van der Waals surface area contributed by atoms with E-state index in [-0.39, 0.29) is 0 Å². The molecule has 1 nitrogen and oxygen atoms in total. The Morgan fingerprint density at radius 3 is 1.58 bits per heavy atom. The maximum Gasteiger partial charge on any atom is 0.423 e. The fraction of sp³-hybridized carbons (Fsp3) is 0.636. The van der Waals surface area contributed by atoms with Gasteiger partial charge in [-0.3, -0.25) is 4.74 Å². The molecule has 0 aliphatic carbocycles. The Bertz CT molecular complexity index is 433. The highest BCUT2D eigenvalue weighted by molar-refractivity contribution is 5.05. The highest BCUT2D eigenvalue weighted by Gasteiger charge is 2.61. The van der Waals surface area contributed by atoms with Crippen LogP contribution in [0.3, 0.4) is 0 Å². The summed E-state index contributed by atoms with van der Waals surface area (Å²) in [6.45, 7) is 2.13. The second kappa shape index (κ2) is 8.62. The molecule has 0 heterocycles. The van der Waals surface area contributed by atoms with E-state index in [0.29, 0.717) is 0 Å². The molecule has 0 aromatic carbocycles. The summed E-state index contributed by atoms with van der Waals surface area (Å²) < 4.78 is 147. The van der Waals surface area contributed by atoms with E-state index in [9.17, 15) is 52.7 Å². The van der Waals surface area contributed by atoms with E-state index in [1.54, 1.807) is 0 Å². The van der Waals surface area contributed by atoms with Crippen LogP contribution in [0.2, 0.25) is 0 Å². The first-order valence-corrected chi connectivity index (χ1v) is 5.53. The quantitative estimate of drug-likeness (QED) is 0.380. The van der Waals surface area contributed by atoms with E-state index in [1.165, 1.54) is 6.08 Å². The van der Waals surface area contributed by atoms with Crippen molar-refractivity contribution in [2.45, 2.75) is 37.4 Å². The fourth-order valence-electron chi connectivity index (χ4n) is 0.788. The van der Waals surface area contributed by atoms with Crippen LogP contribution in [0.4, 0.5) is 52.7 Å².